The van der Waals surface area contributed by atoms with Gasteiger partial charge in [-0.15, -0.1) is 5.10 Å². The molecule has 2 rings (SSSR count). The fourth-order valence-corrected chi connectivity index (χ4v) is 1.82. The van der Waals surface area contributed by atoms with Crippen LogP contribution in [0.3, 0.4) is 0 Å². The fraction of sp³-hybridized carbons (Fsp3) is 0.462. The van der Waals surface area contributed by atoms with Crippen LogP contribution < -0.4 is 0 Å². The average molecular weight is 245 g/mol. The summed E-state index contributed by atoms with van der Waals surface area (Å²) in [7, 11) is 0. The molecule has 0 aliphatic carbocycles. The summed E-state index contributed by atoms with van der Waals surface area (Å²) in [5, 5.41) is 8.32. The standard InChI is InChI=1S/C13H19N5/c1-3-17(4-2)9-13-11-18(16-15-13)10-12-7-5-6-8-14-12/h5-8,11H,3-4,9-10H2,1-2H3. The average Bonchev–Trinajstić information content (AvgIpc) is 2.84. The van der Waals surface area contributed by atoms with Gasteiger partial charge in [0.05, 0.1) is 24.1 Å². The van der Waals surface area contributed by atoms with Gasteiger partial charge in [0.25, 0.3) is 0 Å². The van der Waals surface area contributed by atoms with Gasteiger partial charge < -0.3 is 0 Å². The van der Waals surface area contributed by atoms with Gasteiger partial charge in [-0.1, -0.05) is 25.1 Å². The van der Waals surface area contributed by atoms with Crippen LogP contribution in [0.4, 0.5) is 0 Å². The van der Waals surface area contributed by atoms with E-state index in [0.29, 0.717) is 6.54 Å². The lowest BCUT2D eigenvalue weighted by molar-refractivity contribution is 0.292. The predicted octanol–water partition coefficient (Wildman–Crippen LogP) is 1.56. The summed E-state index contributed by atoms with van der Waals surface area (Å²) in [6, 6.07) is 5.89. The van der Waals surface area contributed by atoms with E-state index in [9.17, 15) is 0 Å². The van der Waals surface area contributed by atoms with E-state index >= 15 is 0 Å². The summed E-state index contributed by atoms with van der Waals surface area (Å²) in [5.41, 5.74) is 2.01. The second-order valence-corrected chi connectivity index (χ2v) is 4.19. The van der Waals surface area contributed by atoms with Crippen LogP contribution in [0.15, 0.2) is 30.6 Å². The van der Waals surface area contributed by atoms with Crippen LogP contribution >= 0.6 is 0 Å². The molecule has 5 nitrogen and oxygen atoms in total. The Hall–Kier alpha value is -1.75. The lowest BCUT2D eigenvalue weighted by Gasteiger charge is -2.15. The molecule has 0 aliphatic rings. The van der Waals surface area contributed by atoms with Gasteiger partial charge >= 0.3 is 0 Å². The first-order valence-electron chi connectivity index (χ1n) is 6.33. The number of aromatic nitrogens is 4. The molecule has 0 amide bonds. The SMILES string of the molecule is CCN(CC)Cc1cn(Cc2ccccn2)nn1. The molecule has 0 aliphatic heterocycles. The van der Waals surface area contributed by atoms with Gasteiger partial charge in [0.1, 0.15) is 0 Å². The smallest absolute Gasteiger partial charge is 0.0967 e. The van der Waals surface area contributed by atoms with Crippen LogP contribution in [-0.2, 0) is 13.1 Å². The Morgan fingerprint density at radius 1 is 1.17 bits per heavy atom. The van der Waals surface area contributed by atoms with Crippen LogP contribution in [0.2, 0.25) is 0 Å². The molecule has 18 heavy (non-hydrogen) atoms. The van der Waals surface area contributed by atoms with Gasteiger partial charge in [0.15, 0.2) is 0 Å². The maximum absolute atomic E-state index is 4.28. The van der Waals surface area contributed by atoms with Crippen molar-refractivity contribution in [2.24, 2.45) is 0 Å². The molecule has 2 heterocycles. The number of pyridine rings is 1. The molecule has 2 aromatic rings. The molecule has 5 heteroatoms. The summed E-state index contributed by atoms with van der Waals surface area (Å²) in [6.07, 6.45) is 3.79. The Balaban J connectivity index is 1.98. The summed E-state index contributed by atoms with van der Waals surface area (Å²) in [5.74, 6) is 0. The van der Waals surface area contributed by atoms with E-state index in [2.05, 4.69) is 34.0 Å². The van der Waals surface area contributed by atoms with Crippen LogP contribution in [0.5, 0.6) is 0 Å². The van der Waals surface area contributed by atoms with Crippen molar-refractivity contribution < 1.29 is 0 Å². The van der Waals surface area contributed by atoms with Gasteiger partial charge in [-0.2, -0.15) is 0 Å². The number of hydrogen-bond acceptors (Lipinski definition) is 4. The van der Waals surface area contributed by atoms with Crippen LogP contribution in [0, 0.1) is 0 Å². The maximum Gasteiger partial charge on any atom is 0.0967 e. The highest BCUT2D eigenvalue weighted by molar-refractivity contribution is 5.04. The molecule has 2 aromatic heterocycles. The van der Waals surface area contributed by atoms with Crippen molar-refractivity contribution in [1.29, 1.82) is 0 Å². The molecular formula is C13H19N5. The zero-order valence-corrected chi connectivity index (χ0v) is 11.0. The molecule has 0 unspecified atom stereocenters. The minimum absolute atomic E-state index is 0.673. The largest absolute Gasteiger partial charge is 0.298 e. The molecular weight excluding hydrogens is 226 g/mol. The Morgan fingerprint density at radius 2 is 2.00 bits per heavy atom. The zero-order valence-electron chi connectivity index (χ0n) is 11.0. The second-order valence-electron chi connectivity index (χ2n) is 4.19. The minimum atomic E-state index is 0.673. The molecule has 0 saturated heterocycles. The molecule has 0 fully saturated rings. The highest BCUT2D eigenvalue weighted by Crippen LogP contribution is 2.02. The summed E-state index contributed by atoms with van der Waals surface area (Å²) in [6.45, 7) is 7.90. The molecule has 0 atom stereocenters. The first-order chi connectivity index (χ1) is 8.81. The van der Waals surface area contributed by atoms with E-state index < -0.39 is 0 Å². The number of hydrogen-bond donors (Lipinski definition) is 0. The van der Waals surface area contributed by atoms with Crippen molar-refractivity contribution in [2.45, 2.75) is 26.9 Å². The molecule has 0 bridgehead atoms. The first kappa shape index (κ1) is 12.7. The van der Waals surface area contributed by atoms with Crippen LogP contribution in [0.1, 0.15) is 25.2 Å². The third-order valence-corrected chi connectivity index (χ3v) is 2.92. The first-order valence-corrected chi connectivity index (χ1v) is 6.33. The van der Waals surface area contributed by atoms with Crippen molar-refractivity contribution in [1.82, 2.24) is 24.9 Å². The summed E-state index contributed by atoms with van der Waals surface area (Å²) < 4.78 is 1.83. The van der Waals surface area contributed by atoms with Gasteiger partial charge in [0.2, 0.25) is 0 Å². The molecule has 0 aromatic carbocycles. The quantitative estimate of drug-likeness (QED) is 0.775. The maximum atomic E-state index is 4.28. The minimum Gasteiger partial charge on any atom is -0.298 e. The van der Waals surface area contributed by atoms with Crippen molar-refractivity contribution >= 4 is 0 Å². The van der Waals surface area contributed by atoms with Gasteiger partial charge in [-0.3, -0.25) is 9.88 Å². The Morgan fingerprint density at radius 3 is 2.67 bits per heavy atom. The Labute approximate surface area is 107 Å². The number of rotatable bonds is 6. The van der Waals surface area contributed by atoms with Crippen molar-refractivity contribution in [2.75, 3.05) is 13.1 Å². The van der Waals surface area contributed by atoms with Crippen LogP contribution in [0.25, 0.3) is 0 Å². The van der Waals surface area contributed by atoms with Crippen molar-refractivity contribution in [3.05, 3.63) is 42.0 Å². The molecule has 0 N–H and O–H groups in total. The Bertz CT molecular complexity index is 461. The van der Waals surface area contributed by atoms with E-state index in [1.54, 1.807) is 6.20 Å². The molecule has 0 radical (unpaired) electrons. The second kappa shape index (κ2) is 6.26. The van der Waals surface area contributed by atoms with Gasteiger partial charge in [-0.25, -0.2) is 4.68 Å². The predicted molar refractivity (Wildman–Crippen MR) is 70.0 cm³/mol. The monoisotopic (exact) mass is 245 g/mol. The van der Waals surface area contributed by atoms with Crippen molar-refractivity contribution in [3.63, 3.8) is 0 Å². The van der Waals surface area contributed by atoms with E-state index in [4.69, 9.17) is 0 Å². The molecule has 96 valence electrons. The van der Waals surface area contributed by atoms with Crippen molar-refractivity contribution in [3.8, 4) is 0 Å². The normalized spacial score (nSPS) is 11.1. The molecule has 0 saturated carbocycles. The highest BCUT2D eigenvalue weighted by atomic mass is 15.4. The third kappa shape index (κ3) is 3.37. The highest BCUT2D eigenvalue weighted by Gasteiger charge is 2.06. The lowest BCUT2D eigenvalue weighted by atomic mass is 10.3. The summed E-state index contributed by atoms with van der Waals surface area (Å²) >= 11 is 0. The topological polar surface area (TPSA) is 46.8 Å². The molecule has 0 spiro atoms. The zero-order chi connectivity index (χ0) is 12.8. The Kier molecular flexibility index (Phi) is 4.41. The van der Waals surface area contributed by atoms with Gasteiger partial charge in [0, 0.05) is 12.7 Å². The fourth-order valence-electron chi connectivity index (χ4n) is 1.82. The van der Waals surface area contributed by atoms with E-state index in [0.717, 1.165) is 31.0 Å². The third-order valence-electron chi connectivity index (χ3n) is 2.92. The van der Waals surface area contributed by atoms with E-state index in [1.807, 2.05) is 29.1 Å². The lowest BCUT2D eigenvalue weighted by Crippen LogP contribution is -2.22. The summed E-state index contributed by atoms with van der Waals surface area (Å²) in [4.78, 5) is 6.59. The number of nitrogens with zero attached hydrogens (tertiary/aromatic N) is 5. The van der Waals surface area contributed by atoms with E-state index in [-0.39, 0.29) is 0 Å². The van der Waals surface area contributed by atoms with Crippen LogP contribution in [-0.4, -0.2) is 38.0 Å². The van der Waals surface area contributed by atoms with Gasteiger partial charge in [-0.05, 0) is 25.2 Å². The van der Waals surface area contributed by atoms with E-state index in [1.165, 1.54) is 0 Å².